The molecule has 0 amide bonds. The summed E-state index contributed by atoms with van der Waals surface area (Å²) in [6.07, 6.45) is 0. The lowest BCUT2D eigenvalue weighted by Crippen LogP contribution is -2.26. The number of hydrogen-bond acceptors (Lipinski definition) is 6. The van der Waals surface area contributed by atoms with Crippen molar-refractivity contribution >= 4 is 33.3 Å². The summed E-state index contributed by atoms with van der Waals surface area (Å²) in [6.45, 7) is 0. The van der Waals surface area contributed by atoms with E-state index in [-0.39, 0.29) is 22.0 Å². The molecule has 3 rings (SSSR count). The Morgan fingerprint density at radius 1 is 1.03 bits per heavy atom. The van der Waals surface area contributed by atoms with Crippen LogP contribution in [-0.4, -0.2) is 28.5 Å². The van der Waals surface area contributed by atoms with Crippen molar-refractivity contribution in [3.05, 3.63) is 82.9 Å². The van der Waals surface area contributed by atoms with Crippen molar-refractivity contribution in [2.75, 3.05) is 18.5 Å². The van der Waals surface area contributed by atoms with Crippen LogP contribution in [0.1, 0.15) is 15.9 Å². The molecule has 3 aromatic carbocycles. The Labute approximate surface area is 185 Å². The quantitative estimate of drug-likeness (QED) is 0.406. The highest BCUT2D eigenvalue weighted by atomic mass is 35.5. The molecule has 0 spiro atoms. The third kappa shape index (κ3) is 4.79. The smallest absolute Gasteiger partial charge is 0.343 e. The molecule has 0 saturated carbocycles. The lowest BCUT2D eigenvalue weighted by Gasteiger charge is -2.20. The molecule has 0 fully saturated rings. The summed E-state index contributed by atoms with van der Waals surface area (Å²) in [7, 11) is -1.18. The second kappa shape index (κ2) is 9.08. The van der Waals surface area contributed by atoms with E-state index in [9.17, 15) is 13.2 Å². The van der Waals surface area contributed by atoms with E-state index in [1.807, 2.05) is 6.07 Å². The van der Waals surface area contributed by atoms with Crippen LogP contribution in [0.4, 0.5) is 5.69 Å². The van der Waals surface area contributed by atoms with Crippen LogP contribution in [0, 0.1) is 11.3 Å². The standard InChI is InChI=1S/C22H17ClN2O5S/c1-25(18-7-4-6-17(23)13-18)31(27,28)19-8-3-5-16(12-19)22(26)30-20-10-9-15(14-24)11-21(20)29-2/h3-13H,1-2H3. The molecule has 31 heavy (non-hydrogen) atoms. The molecule has 7 nitrogen and oxygen atoms in total. The van der Waals surface area contributed by atoms with Gasteiger partial charge in [0.25, 0.3) is 10.0 Å². The highest BCUT2D eigenvalue weighted by molar-refractivity contribution is 7.92. The number of methoxy groups -OCH3 is 1. The van der Waals surface area contributed by atoms with E-state index in [0.717, 1.165) is 4.31 Å². The molecule has 0 bridgehead atoms. The SMILES string of the molecule is COc1cc(C#N)ccc1OC(=O)c1cccc(S(=O)(=O)N(C)c2cccc(Cl)c2)c1. The van der Waals surface area contributed by atoms with E-state index >= 15 is 0 Å². The Hall–Kier alpha value is -3.54. The van der Waals surface area contributed by atoms with Gasteiger partial charge in [0, 0.05) is 18.1 Å². The van der Waals surface area contributed by atoms with Gasteiger partial charge in [0.2, 0.25) is 0 Å². The van der Waals surface area contributed by atoms with Gasteiger partial charge < -0.3 is 9.47 Å². The fourth-order valence-corrected chi connectivity index (χ4v) is 4.15. The van der Waals surface area contributed by atoms with Gasteiger partial charge in [0.05, 0.1) is 34.9 Å². The maximum atomic E-state index is 13.0. The van der Waals surface area contributed by atoms with E-state index in [1.165, 1.54) is 62.7 Å². The normalized spacial score (nSPS) is 10.8. The second-order valence-electron chi connectivity index (χ2n) is 6.35. The van der Waals surface area contributed by atoms with Gasteiger partial charge in [-0.2, -0.15) is 5.26 Å². The molecule has 0 aliphatic heterocycles. The summed E-state index contributed by atoms with van der Waals surface area (Å²) < 4.78 is 37.6. The van der Waals surface area contributed by atoms with Crippen molar-refractivity contribution in [1.29, 1.82) is 5.26 Å². The fourth-order valence-electron chi connectivity index (χ4n) is 2.73. The zero-order valence-electron chi connectivity index (χ0n) is 16.6. The van der Waals surface area contributed by atoms with E-state index < -0.39 is 16.0 Å². The van der Waals surface area contributed by atoms with E-state index in [1.54, 1.807) is 18.2 Å². The molecule has 0 aliphatic rings. The number of carbonyl (C=O) groups excluding carboxylic acids is 1. The fraction of sp³-hybridized carbons (Fsp3) is 0.0909. The van der Waals surface area contributed by atoms with Crippen LogP contribution in [-0.2, 0) is 10.0 Å². The Morgan fingerprint density at radius 2 is 1.77 bits per heavy atom. The number of halogens is 1. The zero-order chi connectivity index (χ0) is 22.6. The maximum absolute atomic E-state index is 13.0. The summed E-state index contributed by atoms with van der Waals surface area (Å²) in [4.78, 5) is 12.5. The van der Waals surface area contributed by atoms with Gasteiger partial charge in [-0.05, 0) is 48.5 Å². The summed E-state index contributed by atoms with van der Waals surface area (Å²) in [5, 5.41) is 9.37. The lowest BCUT2D eigenvalue weighted by molar-refractivity contribution is 0.0729. The predicted octanol–water partition coefficient (Wildman–Crippen LogP) is 4.26. The molecule has 0 radical (unpaired) electrons. The topological polar surface area (TPSA) is 96.7 Å². The summed E-state index contributed by atoms with van der Waals surface area (Å²) in [6, 6.07) is 18.2. The zero-order valence-corrected chi connectivity index (χ0v) is 18.1. The summed E-state index contributed by atoms with van der Waals surface area (Å²) >= 11 is 5.96. The van der Waals surface area contributed by atoms with Gasteiger partial charge in [-0.3, -0.25) is 4.31 Å². The predicted molar refractivity (Wildman–Crippen MR) is 116 cm³/mol. The lowest BCUT2D eigenvalue weighted by atomic mass is 10.2. The molecule has 9 heteroatoms. The molecule has 0 N–H and O–H groups in total. The first-order valence-corrected chi connectivity index (χ1v) is 10.7. The van der Waals surface area contributed by atoms with Crippen LogP contribution in [0.15, 0.2) is 71.6 Å². The number of carbonyl (C=O) groups is 1. The number of benzene rings is 3. The average Bonchev–Trinajstić information content (AvgIpc) is 2.78. The Morgan fingerprint density at radius 3 is 2.45 bits per heavy atom. The van der Waals surface area contributed by atoms with E-state index in [0.29, 0.717) is 16.3 Å². The average molecular weight is 457 g/mol. The minimum Gasteiger partial charge on any atom is -0.493 e. The maximum Gasteiger partial charge on any atom is 0.343 e. The summed E-state index contributed by atoms with van der Waals surface area (Å²) in [5.74, 6) is -0.460. The van der Waals surface area contributed by atoms with Crippen molar-refractivity contribution in [2.24, 2.45) is 0 Å². The van der Waals surface area contributed by atoms with Gasteiger partial charge in [-0.15, -0.1) is 0 Å². The monoisotopic (exact) mass is 456 g/mol. The van der Waals surface area contributed by atoms with Crippen LogP contribution < -0.4 is 13.8 Å². The Kier molecular flexibility index (Phi) is 6.49. The van der Waals surface area contributed by atoms with Crippen LogP contribution in [0.5, 0.6) is 11.5 Å². The highest BCUT2D eigenvalue weighted by Crippen LogP contribution is 2.29. The largest absolute Gasteiger partial charge is 0.493 e. The number of hydrogen-bond donors (Lipinski definition) is 0. The van der Waals surface area contributed by atoms with Gasteiger partial charge >= 0.3 is 5.97 Å². The van der Waals surface area contributed by atoms with E-state index in [2.05, 4.69) is 0 Å². The van der Waals surface area contributed by atoms with Crippen LogP contribution in [0.2, 0.25) is 5.02 Å². The minimum atomic E-state index is -3.95. The number of nitriles is 1. The number of esters is 1. The van der Waals surface area contributed by atoms with Crippen molar-refractivity contribution in [3.63, 3.8) is 0 Å². The van der Waals surface area contributed by atoms with Gasteiger partial charge in [0.15, 0.2) is 11.5 Å². The van der Waals surface area contributed by atoms with Crippen molar-refractivity contribution < 1.29 is 22.7 Å². The van der Waals surface area contributed by atoms with Crippen LogP contribution in [0.3, 0.4) is 0 Å². The Balaban J connectivity index is 1.89. The number of sulfonamides is 1. The second-order valence-corrected chi connectivity index (χ2v) is 8.75. The number of ether oxygens (including phenoxy) is 2. The molecule has 0 aromatic heterocycles. The molecule has 0 atom stereocenters. The van der Waals surface area contributed by atoms with Gasteiger partial charge in [0.1, 0.15) is 0 Å². The van der Waals surface area contributed by atoms with Crippen molar-refractivity contribution in [3.8, 4) is 17.6 Å². The van der Waals surface area contributed by atoms with Gasteiger partial charge in [-0.25, -0.2) is 13.2 Å². The third-order valence-electron chi connectivity index (χ3n) is 4.40. The van der Waals surface area contributed by atoms with Crippen LogP contribution in [0.25, 0.3) is 0 Å². The molecule has 158 valence electrons. The van der Waals surface area contributed by atoms with Gasteiger partial charge in [-0.1, -0.05) is 23.7 Å². The first-order valence-electron chi connectivity index (χ1n) is 8.91. The molecular formula is C22H17ClN2O5S. The molecule has 3 aromatic rings. The molecule has 0 saturated heterocycles. The van der Waals surface area contributed by atoms with Crippen molar-refractivity contribution in [2.45, 2.75) is 4.90 Å². The van der Waals surface area contributed by atoms with E-state index in [4.69, 9.17) is 26.3 Å². The number of nitrogens with zero attached hydrogens (tertiary/aromatic N) is 2. The first kappa shape index (κ1) is 22.2. The first-order chi connectivity index (χ1) is 14.8. The third-order valence-corrected chi connectivity index (χ3v) is 6.41. The minimum absolute atomic E-state index is 0.0342. The molecular weight excluding hydrogens is 440 g/mol. The number of anilines is 1. The Bertz CT molecular complexity index is 1290. The summed E-state index contributed by atoms with van der Waals surface area (Å²) in [5.41, 5.74) is 0.753. The van der Waals surface area contributed by atoms with Crippen LogP contribution >= 0.6 is 11.6 Å². The number of rotatable bonds is 6. The van der Waals surface area contributed by atoms with Crippen molar-refractivity contribution in [1.82, 2.24) is 0 Å². The highest BCUT2D eigenvalue weighted by Gasteiger charge is 2.23. The molecule has 0 aliphatic carbocycles. The molecule has 0 heterocycles. The molecule has 0 unspecified atom stereocenters.